The molecule has 1 aliphatic heterocycles. The second-order valence-electron chi connectivity index (χ2n) is 7.26. The van der Waals surface area contributed by atoms with Gasteiger partial charge in [0, 0.05) is 5.75 Å². The number of hydrogen-bond donors (Lipinski definition) is 7. The lowest BCUT2D eigenvalue weighted by atomic mass is 9.97. The van der Waals surface area contributed by atoms with E-state index < -0.39 is 48.3 Å². The number of carbonyl (C=O) groups excluding carboxylic acids is 3. The lowest BCUT2D eigenvalue weighted by Gasteiger charge is -2.27. The highest BCUT2D eigenvalue weighted by Crippen LogP contribution is 2.10. The molecule has 5 atom stereocenters. The van der Waals surface area contributed by atoms with Crippen LogP contribution >= 0.6 is 12.6 Å². The summed E-state index contributed by atoms with van der Waals surface area (Å²) in [5.41, 5.74) is 0. The smallest absolute Gasteiger partial charge is 0.326 e. The normalized spacial score (nSPS) is 19.8. The van der Waals surface area contributed by atoms with E-state index in [9.17, 15) is 24.0 Å². The second kappa shape index (κ2) is 12.4. The Labute approximate surface area is 180 Å². The highest BCUT2D eigenvalue weighted by atomic mass is 32.1. The molecule has 0 spiro atoms. The molecule has 1 heterocycles. The summed E-state index contributed by atoms with van der Waals surface area (Å²) >= 11 is 4.10. The van der Waals surface area contributed by atoms with E-state index in [1.807, 2.05) is 0 Å². The van der Waals surface area contributed by atoms with Gasteiger partial charge in [-0.3, -0.25) is 19.2 Å². The quantitative estimate of drug-likeness (QED) is 0.182. The maximum absolute atomic E-state index is 12.7. The van der Waals surface area contributed by atoms with Gasteiger partial charge in [0.2, 0.25) is 17.7 Å². The molecule has 0 aromatic heterocycles. The van der Waals surface area contributed by atoms with Crippen molar-refractivity contribution in [2.45, 2.75) is 63.7 Å². The van der Waals surface area contributed by atoms with Gasteiger partial charge < -0.3 is 31.5 Å². The zero-order valence-electron chi connectivity index (χ0n) is 17.0. The third-order valence-corrected chi connectivity index (χ3v) is 5.34. The van der Waals surface area contributed by atoms with Crippen molar-refractivity contribution in [1.82, 2.24) is 21.3 Å². The van der Waals surface area contributed by atoms with Gasteiger partial charge in [-0.2, -0.15) is 12.6 Å². The Bertz CT molecular complexity index is 654. The Morgan fingerprint density at radius 1 is 1.07 bits per heavy atom. The van der Waals surface area contributed by atoms with Crippen molar-refractivity contribution < 1.29 is 34.2 Å². The highest BCUT2D eigenvalue weighted by Gasteiger charge is 2.33. The molecule has 0 radical (unpaired) electrons. The summed E-state index contributed by atoms with van der Waals surface area (Å²) in [7, 11) is 0. The van der Waals surface area contributed by atoms with Gasteiger partial charge in [-0.25, -0.2) is 4.79 Å². The average Bonchev–Trinajstić information content (AvgIpc) is 3.23. The van der Waals surface area contributed by atoms with Crippen LogP contribution in [0.15, 0.2) is 0 Å². The number of thiol groups is 1. The topological polar surface area (TPSA) is 174 Å². The van der Waals surface area contributed by atoms with Gasteiger partial charge in [-0.05, 0) is 25.3 Å². The monoisotopic (exact) mass is 446 g/mol. The van der Waals surface area contributed by atoms with Gasteiger partial charge in [0.1, 0.15) is 18.1 Å². The molecular weight excluding hydrogens is 416 g/mol. The predicted molar refractivity (Wildman–Crippen MR) is 110 cm³/mol. The van der Waals surface area contributed by atoms with Crippen LogP contribution in [0, 0.1) is 5.92 Å². The first-order chi connectivity index (χ1) is 14.1. The van der Waals surface area contributed by atoms with Crippen LogP contribution in [-0.2, 0) is 24.0 Å². The minimum atomic E-state index is -1.63. The van der Waals surface area contributed by atoms with E-state index in [4.69, 9.17) is 10.2 Å². The van der Waals surface area contributed by atoms with Crippen molar-refractivity contribution in [1.29, 1.82) is 0 Å². The molecule has 12 heteroatoms. The SMILES string of the molecule is CCC(C)C(NC(=O)C(CS)NC(=O)C1CCCN1)C(=O)NC(CC(=O)O)C(=O)O. The van der Waals surface area contributed by atoms with E-state index in [2.05, 4.69) is 33.9 Å². The fourth-order valence-electron chi connectivity index (χ4n) is 2.97. The fraction of sp³-hybridized carbons (Fsp3) is 0.722. The molecule has 11 nitrogen and oxygen atoms in total. The molecule has 1 saturated heterocycles. The molecule has 0 aromatic rings. The van der Waals surface area contributed by atoms with E-state index in [1.165, 1.54) is 0 Å². The van der Waals surface area contributed by atoms with Gasteiger partial charge in [-0.1, -0.05) is 20.3 Å². The van der Waals surface area contributed by atoms with Crippen LogP contribution < -0.4 is 21.3 Å². The van der Waals surface area contributed by atoms with Crippen LogP contribution in [0.1, 0.15) is 39.5 Å². The summed E-state index contributed by atoms with van der Waals surface area (Å²) < 4.78 is 0. The van der Waals surface area contributed by atoms with Crippen LogP contribution in [-0.4, -0.2) is 76.3 Å². The lowest BCUT2D eigenvalue weighted by Crippen LogP contribution is -2.59. The summed E-state index contributed by atoms with van der Waals surface area (Å²) in [6, 6.07) is -4.12. The molecule has 170 valence electrons. The number of nitrogens with one attached hydrogen (secondary N) is 4. The van der Waals surface area contributed by atoms with E-state index in [0.29, 0.717) is 19.4 Å². The maximum atomic E-state index is 12.7. The van der Waals surface area contributed by atoms with Crippen LogP contribution in [0.25, 0.3) is 0 Å². The number of aliphatic carboxylic acids is 2. The van der Waals surface area contributed by atoms with Crippen LogP contribution in [0.4, 0.5) is 0 Å². The molecular formula is C18H30N4O7S. The number of carboxylic acid groups (broad SMARTS) is 2. The van der Waals surface area contributed by atoms with Crippen LogP contribution in [0.3, 0.4) is 0 Å². The summed E-state index contributed by atoms with van der Waals surface area (Å²) in [6.07, 6.45) is 1.20. The van der Waals surface area contributed by atoms with E-state index in [1.54, 1.807) is 13.8 Å². The van der Waals surface area contributed by atoms with Gasteiger partial charge in [0.25, 0.3) is 0 Å². The number of amides is 3. The molecule has 0 aliphatic carbocycles. The zero-order valence-corrected chi connectivity index (χ0v) is 17.9. The lowest BCUT2D eigenvalue weighted by molar-refractivity contribution is -0.147. The number of rotatable bonds is 12. The van der Waals surface area contributed by atoms with E-state index in [-0.39, 0.29) is 23.6 Å². The predicted octanol–water partition coefficient (Wildman–Crippen LogP) is -1.27. The zero-order chi connectivity index (χ0) is 22.8. The van der Waals surface area contributed by atoms with Gasteiger partial charge in [0.15, 0.2) is 0 Å². The highest BCUT2D eigenvalue weighted by molar-refractivity contribution is 7.80. The third kappa shape index (κ3) is 7.82. The molecule has 3 amide bonds. The second-order valence-corrected chi connectivity index (χ2v) is 7.63. The molecule has 0 bridgehead atoms. The summed E-state index contributed by atoms with van der Waals surface area (Å²) in [5, 5.41) is 28.3. The Kier molecular flexibility index (Phi) is 10.6. The first kappa shape index (κ1) is 25.7. The molecule has 0 saturated carbocycles. The minimum absolute atomic E-state index is 0.00406. The van der Waals surface area contributed by atoms with Gasteiger partial charge in [-0.15, -0.1) is 0 Å². The van der Waals surface area contributed by atoms with Crippen molar-refractivity contribution in [2.75, 3.05) is 12.3 Å². The maximum Gasteiger partial charge on any atom is 0.326 e. The summed E-state index contributed by atoms with van der Waals surface area (Å²) in [4.78, 5) is 59.6. The Morgan fingerprint density at radius 2 is 1.73 bits per heavy atom. The number of carboxylic acids is 2. The minimum Gasteiger partial charge on any atom is -0.481 e. The van der Waals surface area contributed by atoms with Crippen LogP contribution in [0.2, 0.25) is 0 Å². The molecule has 6 N–H and O–H groups in total. The Balaban J connectivity index is 2.84. The van der Waals surface area contributed by atoms with Crippen molar-refractivity contribution in [3.63, 3.8) is 0 Å². The molecule has 5 unspecified atom stereocenters. The Morgan fingerprint density at radius 3 is 2.20 bits per heavy atom. The molecule has 1 rings (SSSR count). The van der Waals surface area contributed by atoms with E-state index in [0.717, 1.165) is 6.42 Å². The van der Waals surface area contributed by atoms with E-state index >= 15 is 0 Å². The molecule has 0 aromatic carbocycles. The van der Waals surface area contributed by atoms with Crippen molar-refractivity contribution in [3.05, 3.63) is 0 Å². The van der Waals surface area contributed by atoms with Crippen molar-refractivity contribution in [2.24, 2.45) is 5.92 Å². The number of carbonyl (C=O) groups is 5. The van der Waals surface area contributed by atoms with Gasteiger partial charge >= 0.3 is 11.9 Å². The largest absolute Gasteiger partial charge is 0.481 e. The molecule has 1 aliphatic rings. The fourth-order valence-corrected chi connectivity index (χ4v) is 3.22. The first-order valence-electron chi connectivity index (χ1n) is 9.80. The number of hydrogen-bond acceptors (Lipinski definition) is 7. The van der Waals surface area contributed by atoms with Crippen LogP contribution in [0.5, 0.6) is 0 Å². The Hall–Kier alpha value is -2.34. The average molecular weight is 447 g/mol. The molecule has 30 heavy (non-hydrogen) atoms. The standard InChI is InChI=1S/C18H30N4O7S/c1-3-9(2)14(17(27)20-11(18(28)29)7-13(23)24)22-16(26)12(8-30)21-15(25)10-5-4-6-19-10/h9-12,14,19,30H,3-8H2,1-2H3,(H,20,27)(H,21,25)(H,22,26)(H,23,24)(H,28,29). The van der Waals surface area contributed by atoms with Crippen molar-refractivity contribution in [3.8, 4) is 0 Å². The molecule has 1 fully saturated rings. The third-order valence-electron chi connectivity index (χ3n) is 4.98. The van der Waals surface area contributed by atoms with Gasteiger partial charge in [0.05, 0.1) is 12.5 Å². The summed E-state index contributed by atoms with van der Waals surface area (Å²) in [5.74, 6) is -5.04. The first-order valence-corrected chi connectivity index (χ1v) is 10.4. The summed E-state index contributed by atoms with van der Waals surface area (Å²) in [6.45, 7) is 4.19. The van der Waals surface area contributed by atoms with Crippen molar-refractivity contribution >= 4 is 42.3 Å².